The molecule has 2 nitrogen and oxygen atoms in total. The first-order chi connectivity index (χ1) is 5.33. The highest BCUT2D eigenvalue weighted by atomic mass is 32.2. The molecule has 0 bridgehead atoms. The van der Waals surface area contributed by atoms with Crippen LogP contribution in [0.25, 0.3) is 0 Å². The molecule has 1 fully saturated rings. The molecule has 0 radical (unpaired) electrons. The molecule has 0 aromatic heterocycles. The monoisotopic (exact) mass is 174 g/mol. The van der Waals surface area contributed by atoms with Gasteiger partial charge < -0.3 is 11.1 Å². The van der Waals surface area contributed by atoms with Crippen LogP contribution in [0.15, 0.2) is 0 Å². The molecular formula is C8H18N2S. The third-order valence-electron chi connectivity index (χ3n) is 2.03. The molecule has 1 heterocycles. The van der Waals surface area contributed by atoms with Gasteiger partial charge >= 0.3 is 0 Å². The van der Waals surface area contributed by atoms with Crippen molar-refractivity contribution in [2.24, 2.45) is 5.73 Å². The Labute approximate surface area is 73.3 Å². The van der Waals surface area contributed by atoms with Gasteiger partial charge in [0.2, 0.25) is 0 Å². The molecule has 1 saturated heterocycles. The second-order valence-corrected chi connectivity index (χ2v) is 4.37. The molecule has 2 unspecified atom stereocenters. The van der Waals surface area contributed by atoms with Crippen molar-refractivity contribution < 1.29 is 0 Å². The minimum Gasteiger partial charge on any atom is -0.329 e. The summed E-state index contributed by atoms with van der Waals surface area (Å²) in [5.41, 5.74) is 5.52. The maximum absolute atomic E-state index is 5.52. The molecule has 3 heteroatoms. The molecule has 0 amide bonds. The van der Waals surface area contributed by atoms with E-state index in [9.17, 15) is 0 Å². The van der Waals surface area contributed by atoms with Crippen molar-refractivity contribution in [1.29, 1.82) is 0 Å². The summed E-state index contributed by atoms with van der Waals surface area (Å²) in [7, 11) is 0. The number of nitrogens with two attached hydrogens (primary N) is 1. The normalized spacial score (nSPS) is 28.4. The molecular weight excluding hydrogens is 156 g/mol. The third kappa shape index (κ3) is 3.45. The third-order valence-corrected chi connectivity index (χ3v) is 3.25. The van der Waals surface area contributed by atoms with Crippen LogP contribution in [0.1, 0.15) is 19.8 Å². The van der Waals surface area contributed by atoms with Crippen LogP contribution < -0.4 is 11.1 Å². The van der Waals surface area contributed by atoms with Crippen molar-refractivity contribution in [3.05, 3.63) is 0 Å². The standard InChI is InChI=1S/C8H18N2S/c1-7(5-9)10-8-3-2-4-11-6-8/h7-8,10H,2-6,9H2,1H3. The molecule has 1 aliphatic rings. The Morgan fingerprint density at radius 1 is 1.73 bits per heavy atom. The summed E-state index contributed by atoms with van der Waals surface area (Å²) in [6.45, 7) is 2.90. The summed E-state index contributed by atoms with van der Waals surface area (Å²) in [6.07, 6.45) is 2.69. The smallest absolute Gasteiger partial charge is 0.0164 e. The average Bonchev–Trinajstić information content (AvgIpc) is 2.06. The number of nitrogens with one attached hydrogen (secondary N) is 1. The topological polar surface area (TPSA) is 38.0 Å². The second kappa shape index (κ2) is 5.01. The largest absolute Gasteiger partial charge is 0.329 e. The maximum Gasteiger partial charge on any atom is 0.0164 e. The van der Waals surface area contributed by atoms with Gasteiger partial charge in [-0.2, -0.15) is 11.8 Å². The first-order valence-corrected chi connectivity index (χ1v) is 5.52. The number of hydrogen-bond acceptors (Lipinski definition) is 3. The Bertz CT molecular complexity index is 102. The van der Waals surface area contributed by atoms with Crippen LogP contribution in [0.4, 0.5) is 0 Å². The molecule has 3 N–H and O–H groups in total. The molecule has 0 aromatic rings. The van der Waals surface area contributed by atoms with Crippen molar-refractivity contribution in [3.8, 4) is 0 Å². The molecule has 1 rings (SSSR count). The predicted octanol–water partition coefficient (Wildman–Crippen LogP) is 0.819. The Morgan fingerprint density at radius 3 is 3.09 bits per heavy atom. The molecule has 0 spiro atoms. The van der Waals surface area contributed by atoms with E-state index in [1.165, 1.54) is 24.3 Å². The van der Waals surface area contributed by atoms with Crippen molar-refractivity contribution >= 4 is 11.8 Å². The van der Waals surface area contributed by atoms with Crippen LogP contribution in [-0.2, 0) is 0 Å². The Morgan fingerprint density at radius 2 is 2.55 bits per heavy atom. The summed E-state index contributed by atoms with van der Waals surface area (Å²) >= 11 is 2.05. The first-order valence-electron chi connectivity index (χ1n) is 4.37. The van der Waals surface area contributed by atoms with E-state index < -0.39 is 0 Å². The number of hydrogen-bond donors (Lipinski definition) is 2. The molecule has 2 atom stereocenters. The molecule has 11 heavy (non-hydrogen) atoms. The highest BCUT2D eigenvalue weighted by molar-refractivity contribution is 7.99. The number of rotatable bonds is 3. The minimum atomic E-state index is 0.485. The van der Waals surface area contributed by atoms with Gasteiger partial charge in [-0.05, 0) is 25.5 Å². The SMILES string of the molecule is CC(CN)NC1CCCSC1. The quantitative estimate of drug-likeness (QED) is 0.665. The highest BCUT2D eigenvalue weighted by Crippen LogP contribution is 2.16. The van der Waals surface area contributed by atoms with Gasteiger partial charge in [0.05, 0.1) is 0 Å². The van der Waals surface area contributed by atoms with E-state index in [1.807, 2.05) is 0 Å². The molecule has 0 saturated carbocycles. The van der Waals surface area contributed by atoms with Gasteiger partial charge in [-0.3, -0.25) is 0 Å². The van der Waals surface area contributed by atoms with Gasteiger partial charge in [0.25, 0.3) is 0 Å². The number of thioether (sulfide) groups is 1. The minimum absolute atomic E-state index is 0.485. The van der Waals surface area contributed by atoms with E-state index in [0.717, 1.165) is 6.54 Å². The van der Waals surface area contributed by atoms with Crippen molar-refractivity contribution in [1.82, 2.24) is 5.32 Å². The van der Waals surface area contributed by atoms with E-state index in [-0.39, 0.29) is 0 Å². The van der Waals surface area contributed by atoms with Crippen molar-refractivity contribution in [3.63, 3.8) is 0 Å². The molecule has 1 aliphatic heterocycles. The van der Waals surface area contributed by atoms with Gasteiger partial charge in [0.15, 0.2) is 0 Å². The van der Waals surface area contributed by atoms with Gasteiger partial charge in [-0.1, -0.05) is 0 Å². The van der Waals surface area contributed by atoms with E-state index in [0.29, 0.717) is 12.1 Å². The van der Waals surface area contributed by atoms with Crippen LogP contribution in [0.2, 0.25) is 0 Å². The zero-order valence-electron chi connectivity index (χ0n) is 7.18. The summed E-state index contributed by atoms with van der Waals surface area (Å²) in [5, 5.41) is 3.52. The van der Waals surface area contributed by atoms with Gasteiger partial charge in [-0.25, -0.2) is 0 Å². The van der Waals surface area contributed by atoms with Crippen LogP contribution in [0.3, 0.4) is 0 Å². The first kappa shape index (κ1) is 9.36. The van der Waals surface area contributed by atoms with Crippen LogP contribution in [0.5, 0.6) is 0 Å². The molecule has 0 aromatic carbocycles. The summed E-state index contributed by atoms with van der Waals surface area (Å²) in [4.78, 5) is 0. The molecule has 0 aliphatic carbocycles. The van der Waals surface area contributed by atoms with E-state index in [2.05, 4.69) is 24.0 Å². The summed E-state index contributed by atoms with van der Waals surface area (Å²) < 4.78 is 0. The zero-order valence-corrected chi connectivity index (χ0v) is 7.99. The fourth-order valence-electron chi connectivity index (χ4n) is 1.34. The van der Waals surface area contributed by atoms with E-state index in [4.69, 9.17) is 5.73 Å². The second-order valence-electron chi connectivity index (χ2n) is 3.22. The van der Waals surface area contributed by atoms with E-state index >= 15 is 0 Å². The van der Waals surface area contributed by atoms with Crippen LogP contribution in [-0.4, -0.2) is 30.1 Å². The Hall–Kier alpha value is 0.270. The van der Waals surface area contributed by atoms with Gasteiger partial charge in [0.1, 0.15) is 0 Å². The Kier molecular flexibility index (Phi) is 4.26. The lowest BCUT2D eigenvalue weighted by Crippen LogP contribution is -2.43. The van der Waals surface area contributed by atoms with Crippen LogP contribution >= 0.6 is 11.8 Å². The summed E-state index contributed by atoms with van der Waals surface area (Å²) in [5.74, 6) is 2.61. The average molecular weight is 174 g/mol. The van der Waals surface area contributed by atoms with Gasteiger partial charge in [0, 0.05) is 24.4 Å². The predicted molar refractivity (Wildman–Crippen MR) is 52.0 cm³/mol. The Balaban J connectivity index is 2.13. The highest BCUT2D eigenvalue weighted by Gasteiger charge is 2.14. The van der Waals surface area contributed by atoms with Crippen molar-refractivity contribution in [2.75, 3.05) is 18.1 Å². The zero-order chi connectivity index (χ0) is 8.10. The van der Waals surface area contributed by atoms with Crippen molar-refractivity contribution in [2.45, 2.75) is 31.8 Å². The lowest BCUT2D eigenvalue weighted by atomic mass is 10.1. The lowest BCUT2D eigenvalue weighted by Gasteiger charge is -2.25. The fourth-order valence-corrected chi connectivity index (χ4v) is 2.43. The maximum atomic E-state index is 5.52. The van der Waals surface area contributed by atoms with Gasteiger partial charge in [-0.15, -0.1) is 0 Å². The fraction of sp³-hybridized carbons (Fsp3) is 1.00. The van der Waals surface area contributed by atoms with E-state index in [1.54, 1.807) is 0 Å². The summed E-state index contributed by atoms with van der Waals surface area (Å²) in [6, 6.07) is 1.20. The van der Waals surface area contributed by atoms with Crippen LogP contribution in [0, 0.1) is 0 Å². The lowest BCUT2D eigenvalue weighted by molar-refractivity contribution is 0.447. The molecule has 66 valence electrons.